The Morgan fingerprint density at radius 1 is 1.30 bits per heavy atom. The Balaban J connectivity index is 0. The van der Waals surface area contributed by atoms with Gasteiger partial charge in [0.25, 0.3) is 0 Å². The normalized spacial score (nSPS) is 10.7. The van der Waals surface area contributed by atoms with Crippen molar-refractivity contribution in [1.29, 1.82) is 0 Å². The van der Waals surface area contributed by atoms with Gasteiger partial charge in [-0.3, -0.25) is 4.57 Å². The second kappa shape index (κ2) is 6.62. The minimum Gasteiger partial charge on any atom is -0.324 e. The van der Waals surface area contributed by atoms with Gasteiger partial charge in [0.2, 0.25) is 0 Å². The van der Waals surface area contributed by atoms with Gasteiger partial charge in [-0.15, -0.1) is 0 Å². The maximum Gasteiger partial charge on any atom is 0.325 e. The lowest BCUT2D eigenvalue weighted by Crippen LogP contribution is -1.86. The summed E-state index contributed by atoms with van der Waals surface area (Å²) in [5.74, 6) is 0. The molecule has 0 radical (unpaired) electrons. The van der Waals surface area contributed by atoms with E-state index in [4.69, 9.17) is 9.79 Å². The Bertz CT molecular complexity index is 111. The van der Waals surface area contributed by atoms with E-state index in [0.29, 0.717) is 6.42 Å². The second-order valence-corrected chi connectivity index (χ2v) is 3.87. The molecule has 0 saturated heterocycles. The third kappa shape index (κ3) is 11.7. The average molecular weight is 178 g/mol. The van der Waals surface area contributed by atoms with Crippen molar-refractivity contribution in [2.75, 3.05) is 6.16 Å². The number of unbranched alkanes of at least 4 members (excludes halogenated alkanes) is 2. The van der Waals surface area contributed by atoms with Crippen LogP contribution >= 0.6 is 7.60 Å². The quantitative estimate of drug-likeness (QED) is 0.373. The summed E-state index contributed by atoms with van der Waals surface area (Å²) in [5.41, 5.74) is 0. The first-order valence-corrected chi connectivity index (χ1v) is 4.90. The molecule has 0 fully saturated rings. The lowest BCUT2D eigenvalue weighted by Gasteiger charge is -2.00. The largest absolute Gasteiger partial charge is 0.325 e. The Morgan fingerprint density at radius 3 is 2.10 bits per heavy atom. The van der Waals surface area contributed by atoms with Gasteiger partial charge in [-0.05, 0) is 6.42 Å². The number of rotatable bonds is 4. The van der Waals surface area contributed by atoms with E-state index >= 15 is 0 Å². The van der Waals surface area contributed by atoms with E-state index in [2.05, 4.69) is 0 Å². The molecule has 0 aromatic carbocycles. The van der Waals surface area contributed by atoms with Crippen LogP contribution in [-0.4, -0.2) is 39.0 Å². The van der Waals surface area contributed by atoms with Gasteiger partial charge < -0.3 is 9.79 Å². The fourth-order valence-corrected chi connectivity index (χ4v) is 1.20. The van der Waals surface area contributed by atoms with Gasteiger partial charge in [-0.2, -0.15) is 0 Å². The van der Waals surface area contributed by atoms with Gasteiger partial charge in [-0.25, -0.2) is 0 Å². The van der Waals surface area contributed by atoms with Gasteiger partial charge in [0, 0.05) is 6.16 Å². The highest BCUT2D eigenvalue weighted by atomic mass is 31.2. The van der Waals surface area contributed by atoms with E-state index in [1.807, 2.05) is 6.92 Å². The molecule has 0 spiro atoms. The lowest BCUT2D eigenvalue weighted by molar-refractivity contribution is 0.371. The van der Waals surface area contributed by atoms with E-state index in [0.717, 1.165) is 12.8 Å². The molecule has 2 N–H and O–H groups in total. The van der Waals surface area contributed by atoms with E-state index in [9.17, 15) is 4.57 Å². The monoisotopic (exact) mass is 178 g/mol. The number of hydrogen-bond acceptors (Lipinski definition) is 1. The summed E-state index contributed by atoms with van der Waals surface area (Å²) in [4.78, 5) is 16.7. The SMILES string of the molecule is CCCCCP(=O)(O)O.[MgH2]. The molecule has 0 amide bonds. The van der Waals surface area contributed by atoms with Crippen LogP contribution in [0.5, 0.6) is 0 Å². The summed E-state index contributed by atoms with van der Waals surface area (Å²) in [7, 11) is -3.70. The van der Waals surface area contributed by atoms with Crippen LogP contribution in [0.4, 0.5) is 0 Å². The molecule has 0 aliphatic rings. The molecule has 0 bridgehead atoms. The first kappa shape index (κ1) is 13.5. The molecule has 0 atom stereocenters. The molecule has 10 heavy (non-hydrogen) atoms. The summed E-state index contributed by atoms with van der Waals surface area (Å²) < 4.78 is 10.2. The van der Waals surface area contributed by atoms with E-state index in [1.165, 1.54) is 0 Å². The highest BCUT2D eigenvalue weighted by Crippen LogP contribution is 2.35. The maximum absolute atomic E-state index is 10.2. The topological polar surface area (TPSA) is 57.5 Å². The van der Waals surface area contributed by atoms with Crippen LogP contribution < -0.4 is 0 Å². The molecule has 0 unspecified atom stereocenters. The summed E-state index contributed by atoms with van der Waals surface area (Å²) in [6.45, 7) is 2.00. The molecule has 0 aromatic rings. The Hall–Kier alpha value is 0.916. The van der Waals surface area contributed by atoms with Crippen LogP contribution in [-0.2, 0) is 4.57 Å². The zero-order valence-corrected chi connectivity index (χ0v) is 6.47. The first-order valence-electron chi connectivity index (χ1n) is 3.11. The zero-order valence-electron chi connectivity index (χ0n) is 5.58. The molecular formula is C5H15MgO3P. The highest BCUT2D eigenvalue weighted by molar-refractivity contribution is 7.51. The molecule has 0 saturated carbocycles. The van der Waals surface area contributed by atoms with Gasteiger partial charge in [0.1, 0.15) is 0 Å². The van der Waals surface area contributed by atoms with E-state index < -0.39 is 7.60 Å². The summed E-state index contributed by atoms with van der Waals surface area (Å²) >= 11 is 0. The summed E-state index contributed by atoms with van der Waals surface area (Å²) in [6.07, 6.45) is 2.59. The van der Waals surface area contributed by atoms with Gasteiger partial charge >= 0.3 is 30.6 Å². The van der Waals surface area contributed by atoms with Crippen molar-refractivity contribution in [3.8, 4) is 0 Å². The summed E-state index contributed by atoms with van der Waals surface area (Å²) in [5, 5.41) is 0. The van der Waals surface area contributed by atoms with Crippen LogP contribution in [0.25, 0.3) is 0 Å². The van der Waals surface area contributed by atoms with E-state index in [-0.39, 0.29) is 29.2 Å². The third-order valence-electron chi connectivity index (χ3n) is 1.05. The average Bonchev–Trinajstić information content (AvgIpc) is 1.63. The Morgan fingerprint density at radius 2 is 1.80 bits per heavy atom. The summed E-state index contributed by atoms with van der Waals surface area (Å²) in [6, 6.07) is 0. The van der Waals surface area contributed by atoms with Crippen molar-refractivity contribution in [3.05, 3.63) is 0 Å². The second-order valence-electron chi connectivity index (χ2n) is 2.10. The minimum absolute atomic E-state index is 0. The van der Waals surface area contributed by atoms with Crippen LogP contribution in [0, 0.1) is 0 Å². The third-order valence-corrected chi connectivity index (χ3v) is 1.95. The molecule has 0 rings (SSSR count). The smallest absolute Gasteiger partial charge is 0.324 e. The fourth-order valence-electron chi connectivity index (χ4n) is 0.568. The van der Waals surface area contributed by atoms with Crippen LogP contribution in [0.2, 0.25) is 0 Å². The highest BCUT2D eigenvalue weighted by Gasteiger charge is 2.10. The Kier molecular flexibility index (Phi) is 8.93. The van der Waals surface area contributed by atoms with Crippen molar-refractivity contribution < 1.29 is 14.4 Å². The molecule has 3 nitrogen and oxygen atoms in total. The molecule has 0 aliphatic carbocycles. The Labute approximate surface area is 77.5 Å². The van der Waals surface area contributed by atoms with Crippen LogP contribution in [0.3, 0.4) is 0 Å². The standard InChI is InChI=1S/C5H13O3P.Mg.2H/c1-2-3-4-5-9(6,7)8;;;/h2-5H2,1H3,(H2,6,7,8);;;. The molecule has 60 valence electrons. The maximum atomic E-state index is 10.2. The van der Waals surface area contributed by atoms with Crippen molar-refractivity contribution in [1.82, 2.24) is 0 Å². The van der Waals surface area contributed by atoms with E-state index in [1.54, 1.807) is 0 Å². The fraction of sp³-hybridized carbons (Fsp3) is 1.00. The van der Waals surface area contributed by atoms with Crippen molar-refractivity contribution >= 4 is 30.6 Å². The van der Waals surface area contributed by atoms with Gasteiger partial charge in [-0.1, -0.05) is 19.8 Å². The molecule has 0 heterocycles. The predicted molar refractivity (Wildman–Crippen MR) is 45.0 cm³/mol. The number of hydrogen-bond donors (Lipinski definition) is 2. The van der Waals surface area contributed by atoms with Crippen molar-refractivity contribution in [2.45, 2.75) is 26.2 Å². The van der Waals surface area contributed by atoms with Crippen molar-refractivity contribution in [3.63, 3.8) is 0 Å². The van der Waals surface area contributed by atoms with Crippen LogP contribution in [0.1, 0.15) is 26.2 Å². The van der Waals surface area contributed by atoms with Crippen LogP contribution in [0.15, 0.2) is 0 Å². The molecule has 0 aromatic heterocycles. The molecule has 5 heteroatoms. The zero-order chi connectivity index (χ0) is 7.33. The van der Waals surface area contributed by atoms with Gasteiger partial charge in [0.05, 0.1) is 0 Å². The first-order chi connectivity index (χ1) is 4.06. The van der Waals surface area contributed by atoms with Crippen molar-refractivity contribution in [2.24, 2.45) is 0 Å². The molecular weight excluding hydrogens is 163 g/mol. The lowest BCUT2D eigenvalue weighted by atomic mass is 10.3. The van der Waals surface area contributed by atoms with Gasteiger partial charge in [0.15, 0.2) is 0 Å². The molecule has 0 aliphatic heterocycles. The minimum atomic E-state index is -3.70. The predicted octanol–water partition coefficient (Wildman–Crippen LogP) is 0.438.